The van der Waals surface area contributed by atoms with Crippen molar-refractivity contribution in [1.82, 2.24) is 0 Å². The van der Waals surface area contributed by atoms with E-state index in [2.05, 4.69) is 0 Å². The van der Waals surface area contributed by atoms with E-state index in [1.165, 1.54) is 0 Å². The molecular formula is H3BiOTaZn. The first-order valence-corrected chi connectivity index (χ1v) is 1.49. The molecular weight excluding hydrogens is 471 g/mol. The van der Waals surface area contributed by atoms with E-state index in [4.69, 9.17) is 3.25 Å². The van der Waals surface area contributed by atoms with Gasteiger partial charge in [0, 0.05) is 19.5 Å². The zero-order chi connectivity index (χ0) is 2.00. The van der Waals surface area contributed by atoms with Crippen LogP contribution in [0.5, 0.6) is 0 Å². The molecule has 0 rings (SSSR count). The first kappa shape index (κ1) is 16.6. The molecule has 1 nitrogen and oxygen atoms in total. The topological polar surface area (TPSA) is 17.1 Å². The van der Waals surface area contributed by atoms with Gasteiger partial charge in [-0.3, -0.25) is 0 Å². The molecule has 21 valence electrons. The van der Waals surface area contributed by atoms with Crippen molar-refractivity contribution < 1.29 is 43.8 Å². The second-order valence-electron chi connectivity index (χ2n) is 0. The van der Waals surface area contributed by atoms with Crippen molar-refractivity contribution in [2.45, 2.75) is 0 Å². The molecule has 0 fully saturated rings. The minimum atomic E-state index is 0. The molecule has 0 atom stereocenters. The largest absolute Gasteiger partial charge is 0 e. The van der Waals surface area contributed by atoms with Crippen LogP contribution in [0.1, 0.15) is 0 Å². The van der Waals surface area contributed by atoms with Crippen molar-refractivity contribution >= 4 is 26.2 Å². The SMILES string of the molecule is [BiH3].[O]=[Ta].[Zn]. The van der Waals surface area contributed by atoms with Crippen LogP contribution < -0.4 is 0 Å². The maximum Gasteiger partial charge on any atom is 0 e. The predicted octanol–water partition coefficient (Wildman–Crippen LogP) is -1.31. The standard InChI is InChI=1S/Bi.O.Ta.Zn.3H. The molecule has 4 heavy (non-hydrogen) atoms. The smallest absolute Gasteiger partial charge is 0 e. The molecule has 0 radical (unpaired) electrons. The van der Waals surface area contributed by atoms with E-state index in [9.17, 15) is 0 Å². The number of hydrogen-bond donors (Lipinski definition) is 0. The Bertz CT molecular complexity index is 8.00. The van der Waals surface area contributed by atoms with Gasteiger partial charge in [0.05, 0.1) is 0 Å². The molecule has 4 heteroatoms. The molecule has 0 aliphatic heterocycles. The van der Waals surface area contributed by atoms with Crippen LogP contribution in [0.25, 0.3) is 0 Å². The van der Waals surface area contributed by atoms with Crippen LogP contribution in [-0.2, 0) is 43.8 Å². The Kier molecular flexibility index (Phi) is 81.8. The van der Waals surface area contributed by atoms with E-state index >= 15 is 0 Å². The molecule has 0 saturated heterocycles. The van der Waals surface area contributed by atoms with Crippen LogP contribution in [0.2, 0.25) is 0 Å². The molecule has 0 N–H and O–H groups in total. The van der Waals surface area contributed by atoms with E-state index in [0.717, 1.165) is 0 Å². The Labute approximate surface area is 69.0 Å². The van der Waals surface area contributed by atoms with Gasteiger partial charge in [0.25, 0.3) is 0 Å². The van der Waals surface area contributed by atoms with Crippen LogP contribution in [0.3, 0.4) is 0 Å². The molecule has 0 amide bonds. The van der Waals surface area contributed by atoms with E-state index in [0.29, 0.717) is 0 Å². The zero-order valence-electron chi connectivity index (χ0n) is 2.27. The fourth-order valence-corrected chi connectivity index (χ4v) is 0. The first-order valence-electron chi connectivity index (χ1n) is 0.183. The molecule has 0 aromatic rings. The van der Waals surface area contributed by atoms with Crippen LogP contribution in [0.4, 0.5) is 0 Å². The third-order valence-corrected chi connectivity index (χ3v) is 0. The molecule has 0 aliphatic carbocycles. The minimum Gasteiger partial charge on any atom is 0 e. The fraction of sp³-hybridized carbons (Fsp3) is 0. The summed E-state index contributed by atoms with van der Waals surface area (Å²) in [5.41, 5.74) is 0. The molecule has 0 aliphatic rings. The van der Waals surface area contributed by atoms with Crippen molar-refractivity contribution in [2.75, 3.05) is 0 Å². The van der Waals surface area contributed by atoms with Gasteiger partial charge in [0.15, 0.2) is 0 Å². The van der Waals surface area contributed by atoms with Crippen LogP contribution >= 0.6 is 0 Å². The monoisotopic (exact) mass is 473 g/mol. The Morgan fingerprint density at radius 3 is 1.25 bits per heavy atom. The van der Waals surface area contributed by atoms with Gasteiger partial charge in [-0.2, -0.15) is 0 Å². The third-order valence-electron chi connectivity index (χ3n) is 0. The van der Waals surface area contributed by atoms with Crippen molar-refractivity contribution in [1.29, 1.82) is 0 Å². The van der Waals surface area contributed by atoms with E-state index in [-0.39, 0.29) is 66.7 Å². The molecule has 0 aromatic heterocycles. The summed E-state index contributed by atoms with van der Waals surface area (Å²) in [4.78, 5) is 0. The summed E-state index contributed by atoms with van der Waals surface area (Å²) in [5.74, 6) is 0. The maximum atomic E-state index is 8.36. The second kappa shape index (κ2) is 19.7. The van der Waals surface area contributed by atoms with Gasteiger partial charge >= 0.3 is 50.5 Å². The molecule has 0 unspecified atom stereocenters. The number of hydrogen-bond acceptors (Lipinski definition) is 1. The Hall–Kier alpha value is 2.05. The summed E-state index contributed by atoms with van der Waals surface area (Å²) in [7, 11) is 0. The van der Waals surface area contributed by atoms with Gasteiger partial charge < -0.3 is 0 Å². The number of rotatable bonds is 0. The fourth-order valence-electron chi connectivity index (χ4n) is 0. The molecule has 0 spiro atoms. The van der Waals surface area contributed by atoms with Crippen molar-refractivity contribution in [3.63, 3.8) is 0 Å². The van der Waals surface area contributed by atoms with Gasteiger partial charge in [0.2, 0.25) is 0 Å². The minimum absolute atomic E-state index is 0. The maximum absolute atomic E-state index is 8.36. The van der Waals surface area contributed by atoms with E-state index in [1.807, 2.05) is 0 Å². The average molecular weight is 474 g/mol. The van der Waals surface area contributed by atoms with Crippen LogP contribution in [0.15, 0.2) is 0 Å². The summed E-state index contributed by atoms with van der Waals surface area (Å²) in [6.45, 7) is 0. The van der Waals surface area contributed by atoms with Gasteiger partial charge in [-0.25, -0.2) is 0 Å². The van der Waals surface area contributed by atoms with Crippen molar-refractivity contribution in [2.24, 2.45) is 0 Å². The van der Waals surface area contributed by atoms with Gasteiger partial charge in [-0.1, -0.05) is 0 Å². The molecule has 0 heterocycles. The van der Waals surface area contributed by atoms with Gasteiger partial charge in [0.1, 0.15) is 0 Å². The van der Waals surface area contributed by atoms with Crippen molar-refractivity contribution in [3.05, 3.63) is 0 Å². The zero-order valence-corrected chi connectivity index (χ0v) is 13.9. The Morgan fingerprint density at radius 2 is 1.25 bits per heavy atom. The predicted molar refractivity (Wildman–Crippen MR) is 10.6 cm³/mol. The first-order chi connectivity index (χ1) is 1.00. The Balaban J connectivity index is -0.00000000500. The van der Waals surface area contributed by atoms with Gasteiger partial charge in [-0.05, 0) is 0 Å². The summed E-state index contributed by atoms with van der Waals surface area (Å²) in [6, 6.07) is 0. The quantitative estimate of drug-likeness (QED) is 0.399. The average Bonchev–Trinajstić information content (AvgIpc) is 1.00. The molecule has 0 bridgehead atoms. The summed E-state index contributed by atoms with van der Waals surface area (Å²) >= 11 is 0.194. The molecule has 0 aromatic carbocycles. The normalized spacial score (nSPS) is 0.750. The summed E-state index contributed by atoms with van der Waals surface area (Å²) < 4.78 is 8.36. The summed E-state index contributed by atoms with van der Waals surface area (Å²) in [5, 5.41) is 0. The van der Waals surface area contributed by atoms with E-state index < -0.39 is 0 Å². The van der Waals surface area contributed by atoms with Crippen LogP contribution in [-0.4, -0.2) is 26.2 Å². The second-order valence-corrected chi connectivity index (χ2v) is 0. The summed E-state index contributed by atoms with van der Waals surface area (Å²) in [6.07, 6.45) is 0. The Morgan fingerprint density at radius 1 is 1.25 bits per heavy atom. The van der Waals surface area contributed by atoms with Crippen LogP contribution in [0, 0.1) is 0 Å². The van der Waals surface area contributed by atoms with E-state index in [1.54, 1.807) is 0 Å². The molecule has 0 saturated carbocycles. The third kappa shape index (κ3) is 8.97. The van der Waals surface area contributed by atoms with Crippen molar-refractivity contribution in [3.8, 4) is 0 Å². The van der Waals surface area contributed by atoms with Gasteiger partial charge in [-0.15, -0.1) is 0 Å².